The average molecular weight is 353 g/mol. The monoisotopic (exact) mass is 351 g/mol. The maximum absolute atomic E-state index is 12.5. The summed E-state index contributed by atoms with van der Waals surface area (Å²) >= 11 is 16.9. The molecule has 118 valence electrons. The van der Waals surface area contributed by atoms with Crippen LogP contribution in [0, 0.1) is 5.92 Å². The topological polar surface area (TPSA) is 39.1 Å². The van der Waals surface area contributed by atoms with E-state index in [2.05, 4.69) is 13.8 Å². The van der Waals surface area contributed by atoms with Gasteiger partial charge in [0, 0.05) is 24.7 Å². The van der Waals surface area contributed by atoms with Crippen molar-refractivity contribution in [1.29, 1.82) is 0 Å². The third kappa shape index (κ3) is 4.73. The van der Waals surface area contributed by atoms with Crippen LogP contribution in [0.2, 0.25) is 0 Å². The largest absolute Gasteiger partial charge is 0.347 e. The molecule has 0 amide bonds. The van der Waals surface area contributed by atoms with Gasteiger partial charge in [0.05, 0.1) is 5.69 Å². The van der Waals surface area contributed by atoms with E-state index in [1.165, 1.54) is 10.6 Å². The fraction of sp³-hybridized carbons (Fsp3) is 0.600. The summed E-state index contributed by atoms with van der Waals surface area (Å²) in [4.78, 5) is 24.6. The molecule has 0 saturated carbocycles. The highest BCUT2D eigenvalue weighted by atomic mass is 35.6. The fourth-order valence-corrected chi connectivity index (χ4v) is 2.70. The molecule has 0 saturated heterocycles. The van der Waals surface area contributed by atoms with E-state index in [-0.39, 0.29) is 17.4 Å². The van der Waals surface area contributed by atoms with Crippen molar-refractivity contribution in [2.45, 2.75) is 43.3 Å². The molecular formula is C15H20Cl3NO2. The molecule has 0 unspecified atom stereocenters. The van der Waals surface area contributed by atoms with Gasteiger partial charge in [-0.2, -0.15) is 0 Å². The molecule has 0 fully saturated rings. The Morgan fingerprint density at radius 2 is 1.71 bits per heavy atom. The number of carbonyl (C=O) groups excluding carboxylic acids is 2. The van der Waals surface area contributed by atoms with Crippen LogP contribution >= 0.6 is 34.8 Å². The lowest BCUT2D eigenvalue weighted by molar-refractivity contribution is 0.0904. The fourth-order valence-electron chi connectivity index (χ4n) is 2.41. The van der Waals surface area contributed by atoms with Crippen LogP contribution < -0.4 is 0 Å². The van der Waals surface area contributed by atoms with Crippen LogP contribution in [0.5, 0.6) is 0 Å². The van der Waals surface area contributed by atoms with Crippen LogP contribution in [0.1, 0.15) is 60.4 Å². The Hall–Kier alpha value is -0.510. The Bertz CT molecular complexity index is 511. The average Bonchev–Trinajstić information content (AvgIpc) is 2.77. The highest BCUT2D eigenvalue weighted by Gasteiger charge is 2.34. The maximum atomic E-state index is 12.5. The predicted octanol–water partition coefficient (Wildman–Crippen LogP) is 4.98. The zero-order valence-corrected chi connectivity index (χ0v) is 14.7. The molecule has 0 radical (unpaired) electrons. The van der Waals surface area contributed by atoms with Crippen LogP contribution in [0.15, 0.2) is 12.3 Å². The van der Waals surface area contributed by atoms with Gasteiger partial charge >= 0.3 is 0 Å². The van der Waals surface area contributed by atoms with Gasteiger partial charge in [0.2, 0.25) is 5.78 Å². The van der Waals surface area contributed by atoms with Crippen molar-refractivity contribution in [3.8, 4) is 0 Å². The number of hydrogen-bond acceptors (Lipinski definition) is 2. The minimum atomic E-state index is -2.02. The van der Waals surface area contributed by atoms with Gasteiger partial charge in [0.25, 0.3) is 3.79 Å². The van der Waals surface area contributed by atoms with Crippen LogP contribution in [-0.2, 0) is 7.05 Å². The third-order valence-electron chi connectivity index (χ3n) is 3.42. The quantitative estimate of drug-likeness (QED) is 0.513. The molecule has 0 aliphatic rings. The van der Waals surface area contributed by atoms with Crippen LogP contribution in [0.3, 0.4) is 0 Å². The molecule has 6 heteroatoms. The molecule has 0 atom stereocenters. The molecule has 21 heavy (non-hydrogen) atoms. The van der Waals surface area contributed by atoms with E-state index >= 15 is 0 Å². The van der Waals surface area contributed by atoms with Gasteiger partial charge < -0.3 is 4.57 Å². The van der Waals surface area contributed by atoms with Gasteiger partial charge in [-0.15, -0.1) is 0 Å². The Kier molecular flexibility index (Phi) is 6.76. The van der Waals surface area contributed by atoms with Gasteiger partial charge in [-0.1, -0.05) is 61.5 Å². The number of carbonyl (C=O) groups is 2. The van der Waals surface area contributed by atoms with E-state index in [9.17, 15) is 9.59 Å². The molecule has 1 aromatic heterocycles. The number of nitrogens with zero attached hydrogens (tertiary/aromatic N) is 1. The van der Waals surface area contributed by atoms with Gasteiger partial charge in [-0.25, -0.2) is 0 Å². The summed E-state index contributed by atoms with van der Waals surface area (Å²) in [6.45, 7) is 4.11. The summed E-state index contributed by atoms with van der Waals surface area (Å²) in [5.74, 6) is -0.590. The normalized spacial score (nSPS) is 12.0. The van der Waals surface area contributed by atoms with Crippen molar-refractivity contribution < 1.29 is 9.59 Å². The van der Waals surface area contributed by atoms with E-state index in [4.69, 9.17) is 34.8 Å². The molecule has 0 aliphatic carbocycles. The number of aryl methyl sites for hydroxylation is 1. The zero-order valence-electron chi connectivity index (χ0n) is 12.5. The second kappa shape index (κ2) is 7.66. The van der Waals surface area contributed by atoms with E-state index in [1.54, 1.807) is 13.2 Å². The molecule has 1 heterocycles. The molecule has 1 rings (SSSR count). The van der Waals surface area contributed by atoms with E-state index < -0.39 is 9.58 Å². The van der Waals surface area contributed by atoms with E-state index in [0.29, 0.717) is 5.56 Å². The summed E-state index contributed by atoms with van der Waals surface area (Å²) < 4.78 is -0.481. The van der Waals surface area contributed by atoms with Gasteiger partial charge in [0.1, 0.15) is 0 Å². The summed E-state index contributed by atoms with van der Waals surface area (Å²) in [6, 6.07) is 1.52. The van der Waals surface area contributed by atoms with Crippen molar-refractivity contribution in [2.75, 3.05) is 0 Å². The number of aromatic nitrogens is 1. The maximum Gasteiger partial charge on any atom is 0.255 e. The smallest absolute Gasteiger partial charge is 0.255 e. The van der Waals surface area contributed by atoms with Crippen molar-refractivity contribution in [3.63, 3.8) is 0 Å². The van der Waals surface area contributed by atoms with Gasteiger partial charge in [-0.3, -0.25) is 9.59 Å². The standard InChI is InChI=1S/C15H20Cl3NO2/c1-4-6-10(7-5-2)13(20)11-8-12(19(3)9-11)14(21)15(16,17)18/h8-10H,4-7H2,1-3H3. The van der Waals surface area contributed by atoms with E-state index in [1.807, 2.05) is 0 Å². The van der Waals surface area contributed by atoms with Crippen molar-refractivity contribution in [1.82, 2.24) is 4.57 Å². The minimum absolute atomic E-state index is 0.0156. The molecule has 3 nitrogen and oxygen atoms in total. The number of ketones is 2. The van der Waals surface area contributed by atoms with Crippen molar-refractivity contribution >= 4 is 46.4 Å². The second-order valence-corrected chi connectivity index (χ2v) is 7.47. The van der Waals surface area contributed by atoms with Crippen molar-refractivity contribution in [3.05, 3.63) is 23.5 Å². The number of hydrogen-bond donors (Lipinski definition) is 0. The van der Waals surface area contributed by atoms with E-state index in [0.717, 1.165) is 25.7 Å². The van der Waals surface area contributed by atoms with Crippen LogP contribution in [0.25, 0.3) is 0 Å². The summed E-state index contributed by atoms with van der Waals surface area (Å²) in [5.41, 5.74) is 0.729. The summed E-state index contributed by atoms with van der Waals surface area (Å²) in [5, 5.41) is 0. The molecule has 1 aromatic rings. The number of Topliss-reactive ketones (excluding diaryl/α,β-unsaturated/α-hetero) is 2. The number of alkyl halides is 3. The van der Waals surface area contributed by atoms with Crippen LogP contribution in [0.4, 0.5) is 0 Å². The first-order valence-electron chi connectivity index (χ1n) is 7.04. The van der Waals surface area contributed by atoms with Gasteiger partial charge in [-0.05, 0) is 18.9 Å². The van der Waals surface area contributed by atoms with Crippen molar-refractivity contribution in [2.24, 2.45) is 13.0 Å². The predicted molar refractivity (Wildman–Crippen MR) is 87.7 cm³/mol. The molecule has 0 aliphatic heterocycles. The Morgan fingerprint density at radius 1 is 1.19 bits per heavy atom. The van der Waals surface area contributed by atoms with Crippen LogP contribution in [-0.4, -0.2) is 19.9 Å². The Labute approximate surface area is 140 Å². The summed E-state index contributed by atoms with van der Waals surface area (Å²) in [7, 11) is 1.66. The number of halogens is 3. The number of rotatable bonds is 7. The molecule has 0 aromatic carbocycles. The lowest BCUT2D eigenvalue weighted by atomic mass is 9.91. The Morgan fingerprint density at radius 3 is 2.14 bits per heavy atom. The Balaban J connectivity index is 3.05. The molecule has 0 bridgehead atoms. The first-order chi connectivity index (χ1) is 9.72. The molecular weight excluding hydrogens is 333 g/mol. The SMILES string of the molecule is CCCC(CCC)C(=O)c1cc(C(=O)C(Cl)(Cl)Cl)n(C)c1. The first-order valence-corrected chi connectivity index (χ1v) is 8.17. The highest BCUT2D eigenvalue weighted by Crippen LogP contribution is 2.31. The summed E-state index contributed by atoms with van der Waals surface area (Å²) in [6.07, 6.45) is 5.21. The zero-order chi connectivity index (χ0) is 16.2. The minimum Gasteiger partial charge on any atom is -0.347 e. The molecule has 0 N–H and O–H groups in total. The highest BCUT2D eigenvalue weighted by molar-refractivity contribution is 6.77. The lowest BCUT2D eigenvalue weighted by Gasteiger charge is -2.12. The third-order valence-corrected chi connectivity index (χ3v) is 3.94. The first kappa shape index (κ1) is 18.5. The van der Waals surface area contributed by atoms with Gasteiger partial charge in [0.15, 0.2) is 5.78 Å². The lowest BCUT2D eigenvalue weighted by Crippen LogP contribution is -2.21. The molecule has 0 spiro atoms. The second-order valence-electron chi connectivity index (χ2n) is 5.19.